The highest BCUT2D eigenvalue weighted by Crippen LogP contribution is 2.27. The van der Waals surface area contributed by atoms with Crippen molar-refractivity contribution in [2.24, 2.45) is 5.92 Å². The number of carbonyl (C=O) groups excluding carboxylic acids is 1. The summed E-state index contributed by atoms with van der Waals surface area (Å²) in [4.78, 5) is 14.7. The number of ether oxygens (including phenoxy) is 1. The van der Waals surface area contributed by atoms with E-state index in [0.717, 1.165) is 54.9 Å². The number of hydrogen-bond acceptors (Lipinski definition) is 7. The fourth-order valence-corrected chi connectivity index (χ4v) is 4.45. The van der Waals surface area contributed by atoms with Crippen molar-refractivity contribution in [3.8, 4) is 5.75 Å². The summed E-state index contributed by atoms with van der Waals surface area (Å²) >= 11 is 1.39. The van der Waals surface area contributed by atoms with E-state index in [1.165, 1.54) is 11.8 Å². The van der Waals surface area contributed by atoms with E-state index in [1.807, 2.05) is 36.4 Å². The molecule has 1 aliphatic rings. The molecule has 4 rings (SSSR count). The number of benzene rings is 1. The first kappa shape index (κ1) is 22.3. The lowest BCUT2D eigenvalue weighted by Crippen LogP contribution is -2.35. The number of thioether (sulfide) groups is 1. The van der Waals surface area contributed by atoms with Crippen LogP contribution in [0.2, 0.25) is 0 Å². The number of piperidine rings is 1. The normalized spacial score (nSPS) is 14.5. The lowest BCUT2D eigenvalue weighted by Gasteiger charge is -2.31. The zero-order chi connectivity index (χ0) is 22.3. The largest absolute Gasteiger partial charge is 0.497 e. The van der Waals surface area contributed by atoms with Gasteiger partial charge in [0.05, 0.1) is 25.7 Å². The molecule has 170 valence electrons. The predicted octanol–water partition coefficient (Wildman–Crippen LogP) is 3.57. The summed E-state index contributed by atoms with van der Waals surface area (Å²) in [6, 6.07) is 11.5. The molecule has 0 saturated carbocycles. The van der Waals surface area contributed by atoms with Gasteiger partial charge in [-0.25, -0.2) is 0 Å². The number of amides is 1. The number of nitrogens with zero attached hydrogens (tertiary/aromatic N) is 4. The summed E-state index contributed by atoms with van der Waals surface area (Å²) in [7, 11) is 1.63. The first-order valence-corrected chi connectivity index (χ1v) is 11.8. The first-order valence-electron chi connectivity index (χ1n) is 10.9. The van der Waals surface area contributed by atoms with E-state index in [9.17, 15) is 4.79 Å². The smallest absolute Gasteiger partial charge is 0.230 e. The third-order valence-corrected chi connectivity index (χ3v) is 6.58. The molecule has 0 atom stereocenters. The number of hydrogen-bond donors (Lipinski definition) is 1. The number of aromatic nitrogens is 3. The Morgan fingerprint density at radius 1 is 1.25 bits per heavy atom. The van der Waals surface area contributed by atoms with E-state index in [1.54, 1.807) is 13.4 Å². The Morgan fingerprint density at radius 3 is 2.84 bits per heavy atom. The minimum atomic E-state index is -0.0567. The molecule has 1 N–H and O–H groups in total. The number of nitrogens with one attached hydrogen (secondary N) is 1. The molecule has 2 aromatic heterocycles. The summed E-state index contributed by atoms with van der Waals surface area (Å²) in [5.41, 5.74) is 0.991. The van der Waals surface area contributed by atoms with Crippen molar-refractivity contribution in [2.45, 2.75) is 38.0 Å². The average molecular weight is 456 g/mol. The highest BCUT2D eigenvalue weighted by Gasteiger charge is 2.23. The summed E-state index contributed by atoms with van der Waals surface area (Å²) in [6.45, 7) is 5.20. The van der Waals surface area contributed by atoms with Gasteiger partial charge in [-0.05, 0) is 48.6 Å². The Morgan fingerprint density at radius 2 is 2.09 bits per heavy atom. The zero-order valence-electron chi connectivity index (χ0n) is 18.5. The predicted molar refractivity (Wildman–Crippen MR) is 124 cm³/mol. The second-order valence-electron chi connectivity index (χ2n) is 8.03. The molecule has 1 fully saturated rings. The molecule has 0 bridgehead atoms. The number of methoxy groups -OCH3 is 1. The van der Waals surface area contributed by atoms with E-state index >= 15 is 0 Å². The Balaban J connectivity index is 1.40. The molecule has 0 radical (unpaired) electrons. The second-order valence-corrected chi connectivity index (χ2v) is 8.98. The van der Waals surface area contributed by atoms with Gasteiger partial charge < -0.3 is 19.4 Å². The van der Waals surface area contributed by atoms with Crippen molar-refractivity contribution in [1.29, 1.82) is 0 Å². The summed E-state index contributed by atoms with van der Waals surface area (Å²) < 4.78 is 12.8. The molecule has 8 nitrogen and oxygen atoms in total. The van der Waals surface area contributed by atoms with Crippen LogP contribution < -0.4 is 15.0 Å². The number of anilines is 1. The van der Waals surface area contributed by atoms with E-state index in [-0.39, 0.29) is 11.7 Å². The van der Waals surface area contributed by atoms with Crippen LogP contribution in [0, 0.1) is 5.92 Å². The van der Waals surface area contributed by atoms with Crippen LogP contribution >= 0.6 is 11.8 Å². The Kier molecular flexibility index (Phi) is 7.36. The van der Waals surface area contributed by atoms with Gasteiger partial charge in [-0.15, -0.1) is 10.2 Å². The fraction of sp³-hybridized carbons (Fsp3) is 0.435. The minimum Gasteiger partial charge on any atom is -0.497 e. The van der Waals surface area contributed by atoms with Gasteiger partial charge in [0, 0.05) is 19.6 Å². The summed E-state index contributed by atoms with van der Waals surface area (Å²) in [5, 5.41) is 12.5. The minimum absolute atomic E-state index is 0.0567. The molecule has 1 aliphatic heterocycles. The average Bonchev–Trinajstić information content (AvgIpc) is 3.47. The van der Waals surface area contributed by atoms with Crippen molar-refractivity contribution >= 4 is 23.6 Å². The quantitative estimate of drug-likeness (QED) is 0.494. The van der Waals surface area contributed by atoms with Crippen molar-refractivity contribution < 1.29 is 13.9 Å². The SMILES string of the molecule is COc1cccc(CNC(=O)CSc2nnc(N3CCC(C)CC3)n2Cc2ccco2)c1. The van der Waals surface area contributed by atoms with Crippen LogP contribution in [0.5, 0.6) is 5.75 Å². The lowest BCUT2D eigenvalue weighted by molar-refractivity contribution is -0.118. The van der Waals surface area contributed by atoms with E-state index in [2.05, 4.69) is 31.9 Å². The van der Waals surface area contributed by atoms with Gasteiger partial charge in [-0.1, -0.05) is 30.8 Å². The molecule has 9 heteroatoms. The molecule has 0 aliphatic carbocycles. The summed E-state index contributed by atoms with van der Waals surface area (Å²) in [6.07, 6.45) is 3.95. The van der Waals surface area contributed by atoms with Crippen molar-refractivity contribution in [3.05, 3.63) is 54.0 Å². The van der Waals surface area contributed by atoms with Gasteiger partial charge in [0.1, 0.15) is 11.5 Å². The second kappa shape index (κ2) is 10.6. The van der Waals surface area contributed by atoms with Gasteiger partial charge in [-0.3, -0.25) is 9.36 Å². The van der Waals surface area contributed by atoms with Crippen LogP contribution in [-0.4, -0.2) is 46.6 Å². The molecule has 3 heterocycles. The molecular formula is C23H29N5O3S. The van der Waals surface area contributed by atoms with Gasteiger partial charge in [0.2, 0.25) is 11.9 Å². The third kappa shape index (κ3) is 5.64. The molecule has 0 unspecified atom stereocenters. The molecule has 1 saturated heterocycles. The van der Waals surface area contributed by atoms with E-state index < -0.39 is 0 Å². The molecule has 32 heavy (non-hydrogen) atoms. The fourth-order valence-electron chi connectivity index (χ4n) is 3.69. The molecule has 1 amide bonds. The van der Waals surface area contributed by atoms with Gasteiger partial charge in [0.15, 0.2) is 5.16 Å². The van der Waals surface area contributed by atoms with Gasteiger partial charge >= 0.3 is 0 Å². The first-order chi connectivity index (χ1) is 15.6. The van der Waals surface area contributed by atoms with E-state index in [4.69, 9.17) is 9.15 Å². The Hall–Kier alpha value is -2.94. The molecule has 0 spiro atoms. The Bertz CT molecular complexity index is 1010. The van der Waals surface area contributed by atoms with Crippen LogP contribution in [0.4, 0.5) is 5.95 Å². The third-order valence-electron chi connectivity index (χ3n) is 5.61. The zero-order valence-corrected chi connectivity index (χ0v) is 19.3. The topological polar surface area (TPSA) is 85.4 Å². The van der Waals surface area contributed by atoms with Crippen LogP contribution in [0.3, 0.4) is 0 Å². The van der Waals surface area contributed by atoms with Crippen molar-refractivity contribution in [3.63, 3.8) is 0 Å². The van der Waals surface area contributed by atoms with Crippen LogP contribution in [0.15, 0.2) is 52.2 Å². The summed E-state index contributed by atoms with van der Waals surface area (Å²) in [5.74, 6) is 3.38. The van der Waals surface area contributed by atoms with Gasteiger partial charge in [0.25, 0.3) is 0 Å². The monoisotopic (exact) mass is 455 g/mol. The number of rotatable bonds is 9. The number of furan rings is 1. The van der Waals surface area contributed by atoms with Crippen LogP contribution in [-0.2, 0) is 17.9 Å². The van der Waals surface area contributed by atoms with Gasteiger partial charge in [-0.2, -0.15) is 0 Å². The lowest BCUT2D eigenvalue weighted by atomic mass is 10.00. The highest BCUT2D eigenvalue weighted by molar-refractivity contribution is 7.99. The highest BCUT2D eigenvalue weighted by atomic mass is 32.2. The van der Waals surface area contributed by atoms with E-state index in [0.29, 0.717) is 18.2 Å². The van der Waals surface area contributed by atoms with Crippen molar-refractivity contribution in [1.82, 2.24) is 20.1 Å². The maximum absolute atomic E-state index is 12.5. The van der Waals surface area contributed by atoms with Crippen molar-refractivity contribution in [2.75, 3.05) is 30.9 Å². The molecule has 1 aromatic carbocycles. The standard InChI is InChI=1S/C23H29N5O3S/c1-17-8-10-27(11-9-17)22-25-26-23(28(22)15-20-7-4-12-31-20)32-16-21(29)24-14-18-5-3-6-19(13-18)30-2/h3-7,12-13,17H,8-11,14-16H2,1-2H3,(H,24,29). The molecular weight excluding hydrogens is 426 g/mol. The maximum atomic E-state index is 12.5. The molecule has 3 aromatic rings. The Labute approximate surface area is 192 Å². The number of carbonyl (C=O) groups is 1. The van der Waals surface area contributed by atoms with Crippen LogP contribution in [0.1, 0.15) is 31.1 Å². The van der Waals surface area contributed by atoms with Crippen LogP contribution in [0.25, 0.3) is 0 Å². The maximum Gasteiger partial charge on any atom is 0.230 e.